The molecule has 0 aromatic heterocycles. The van der Waals surface area contributed by atoms with Gasteiger partial charge in [0.15, 0.2) is 11.5 Å². The van der Waals surface area contributed by atoms with E-state index >= 15 is 0 Å². The zero-order chi connectivity index (χ0) is 24.7. The Morgan fingerprint density at radius 1 is 0.912 bits per heavy atom. The van der Waals surface area contributed by atoms with Crippen molar-refractivity contribution in [1.29, 1.82) is 0 Å². The molecule has 0 amide bonds. The van der Waals surface area contributed by atoms with Crippen molar-refractivity contribution >= 4 is 17.6 Å². The fourth-order valence-corrected chi connectivity index (χ4v) is 3.71. The maximum atomic E-state index is 11.0. The minimum Gasteiger partial charge on any atom is -0.493 e. The number of hydrogen-bond acceptors (Lipinski definition) is 5. The van der Waals surface area contributed by atoms with Crippen molar-refractivity contribution in [2.75, 3.05) is 20.3 Å². The fourth-order valence-electron chi connectivity index (χ4n) is 3.53. The first-order valence-electron chi connectivity index (χ1n) is 11.0. The Morgan fingerprint density at radius 2 is 1.59 bits per heavy atom. The molecule has 3 aromatic rings. The molecule has 2 N–H and O–H groups in total. The molecule has 0 bridgehead atoms. The van der Waals surface area contributed by atoms with Gasteiger partial charge in [0.1, 0.15) is 25.1 Å². The summed E-state index contributed by atoms with van der Waals surface area (Å²) in [7, 11) is 1.54. The quantitative estimate of drug-likeness (QED) is 0.369. The first-order valence-corrected chi connectivity index (χ1v) is 11.4. The van der Waals surface area contributed by atoms with Crippen molar-refractivity contribution < 1.29 is 29.2 Å². The second-order valence-electron chi connectivity index (χ2n) is 8.25. The molecule has 3 rings (SSSR count). The normalized spacial score (nSPS) is 11.8. The van der Waals surface area contributed by atoms with Gasteiger partial charge in [0.25, 0.3) is 0 Å². The Labute approximate surface area is 204 Å². The number of ether oxygens (including phenoxy) is 3. The number of hydrogen-bond donors (Lipinski definition) is 2. The molecule has 0 radical (unpaired) electrons. The van der Waals surface area contributed by atoms with Crippen LogP contribution in [0.4, 0.5) is 0 Å². The van der Waals surface area contributed by atoms with Crippen LogP contribution in [-0.2, 0) is 11.2 Å². The van der Waals surface area contributed by atoms with Gasteiger partial charge in [-0.2, -0.15) is 0 Å². The number of aliphatic carboxylic acids is 1. The van der Waals surface area contributed by atoms with E-state index in [1.165, 1.54) is 0 Å². The Bertz CT molecular complexity index is 1130. The van der Waals surface area contributed by atoms with Gasteiger partial charge in [-0.05, 0) is 58.5 Å². The predicted octanol–water partition coefficient (Wildman–Crippen LogP) is 5.58. The number of carboxylic acids is 1. The number of aliphatic hydroxyl groups excluding tert-OH is 1. The molecule has 3 aromatic carbocycles. The number of halogens is 1. The molecule has 0 heterocycles. The summed E-state index contributed by atoms with van der Waals surface area (Å²) in [6, 6.07) is 18.2. The molecule has 0 aliphatic rings. The lowest BCUT2D eigenvalue weighted by atomic mass is 10.0. The second-order valence-corrected chi connectivity index (χ2v) is 8.69. The van der Waals surface area contributed by atoms with Gasteiger partial charge in [-0.15, -0.1) is 0 Å². The Hall–Kier alpha value is -3.22. The lowest BCUT2D eigenvalue weighted by Crippen LogP contribution is -2.25. The van der Waals surface area contributed by atoms with Crippen LogP contribution in [0, 0.1) is 0 Å². The number of benzene rings is 3. The summed E-state index contributed by atoms with van der Waals surface area (Å²) in [5.74, 6) is 1.02. The van der Waals surface area contributed by atoms with Crippen LogP contribution < -0.4 is 14.2 Å². The smallest absolute Gasteiger partial charge is 0.307 e. The summed E-state index contributed by atoms with van der Waals surface area (Å²) in [6.07, 6.45) is -0.922. The van der Waals surface area contributed by atoms with Gasteiger partial charge in [0.2, 0.25) is 0 Å². The molecular formula is C27H29ClO6. The topological polar surface area (TPSA) is 85.2 Å². The summed E-state index contributed by atoms with van der Waals surface area (Å²) in [6.45, 7) is 4.16. The van der Waals surface area contributed by atoms with Crippen LogP contribution in [-0.4, -0.2) is 42.6 Å². The molecule has 0 aliphatic heterocycles. The number of carboxylic acid groups (broad SMARTS) is 1. The van der Waals surface area contributed by atoms with Crippen LogP contribution in [0.5, 0.6) is 17.2 Å². The molecule has 1 atom stereocenters. The van der Waals surface area contributed by atoms with Crippen LogP contribution in [0.1, 0.15) is 30.9 Å². The SMILES string of the molecule is COc1ccc(-c2cccc(CC(=O)O)c2)cc1OCC(O)COc1ccc(Cl)cc1C(C)C. The van der Waals surface area contributed by atoms with Gasteiger partial charge in [-0.3, -0.25) is 4.79 Å². The number of methoxy groups -OCH3 is 1. The molecule has 0 aliphatic carbocycles. The van der Waals surface area contributed by atoms with Gasteiger partial charge in [-0.25, -0.2) is 0 Å². The van der Waals surface area contributed by atoms with Gasteiger partial charge < -0.3 is 24.4 Å². The highest BCUT2D eigenvalue weighted by molar-refractivity contribution is 6.30. The lowest BCUT2D eigenvalue weighted by Gasteiger charge is -2.18. The van der Waals surface area contributed by atoms with Gasteiger partial charge in [0.05, 0.1) is 13.5 Å². The molecule has 0 saturated carbocycles. The molecule has 0 fully saturated rings. The minimum atomic E-state index is -0.883. The molecule has 0 spiro atoms. The first kappa shape index (κ1) is 25.4. The van der Waals surface area contributed by atoms with E-state index in [1.54, 1.807) is 31.4 Å². The average molecular weight is 485 g/mol. The Balaban J connectivity index is 1.68. The summed E-state index contributed by atoms with van der Waals surface area (Å²) < 4.78 is 17.1. The highest BCUT2D eigenvalue weighted by atomic mass is 35.5. The van der Waals surface area contributed by atoms with E-state index in [2.05, 4.69) is 13.8 Å². The van der Waals surface area contributed by atoms with Crippen molar-refractivity contribution in [2.24, 2.45) is 0 Å². The van der Waals surface area contributed by atoms with E-state index in [0.29, 0.717) is 27.8 Å². The van der Waals surface area contributed by atoms with Crippen LogP contribution in [0.3, 0.4) is 0 Å². The molecule has 0 saturated heterocycles. The van der Waals surface area contributed by atoms with Crippen molar-refractivity contribution in [1.82, 2.24) is 0 Å². The maximum absolute atomic E-state index is 11.0. The van der Waals surface area contributed by atoms with Crippen molar-refractivity contribution in [2.45, 2.75) is 32.3 Å². The zero-order valence-electron chi connectivity index (χ0n) is 19.5. The third kappa shape index (κ3) is 6.89. The van der Waals surface area contributed by atoms with E-state index in [9.17, 15) is 9.90 Å². The predicted molar refractivity (Wildman–Crippen MR) is 132 cm³/mol. The first-order chi connectivity index (χ1) is 16.3. The molecule has 34 heavy (non-hydrogen) atoms. The summed E-state index contributed by atoms with van der Waals surface area (Å²) in [5, 5.41) is 20.2. The number of carbonyl (C=O) groups is 1. The number of aliphatic hydroxyl groups is 1. The summed E-state index contributed by atoms with van der Waals surface area (Å²) >= 11 is 6.09. The molecule has 7 heteroatoms. The van der Waals surface area contributed by atoms with Crippen LogP contribution in [0.2, 0.25) is 5.02 Å². The van der Waals surface area contributed by atoms with Gasteiger partial charge >= 0.3 is 5.97 Å². The second kappa shape index (κ2) is 11.8. The van der Waals surface area contributed by atoms with E-state index in [-0.39, 0.29) is 25.6 Å². The van der Waals surface area contributed by atoms with Gasteiger partial charge in [-0.1, -0.05) is 55.8 Å². The molecule has 1 unspecified atom stereocenters. The molecule has 6 nitrogen and oxygen atoms in total. The largest absolute Gasteiger partial charge is 0.493 e. The van der Waals surface area contributed by atoms with Crippen LogP contribution >= 0.6 is 11.6 Å². The number of rotatable bonds is 11. The van der Waals surface area contributed by atoms with Crippen molar-refractivity contribution in [3.63, 3.8) is 0 Å². The summed E-state index contributed by atoms with van der Waals surface area (Å²) in [4.78, 5) is 11.0. The van der Waals surface area contributed by atoms with Gasteiger partial charge in [0, 0.05) is 5.02 Å². The van der Waals surface area contributed by atoms with Crippen molar-refractivity contribution in [3.8, 4) is 28.4 Å². The third-order valence-electron chi connectivity index (χ3n) is 5.24. The Morgan fingerprint density at radius 3 is 2.26 bits per heavy atom. The molecule has 180 valence electrons. The van der Waals surface area contributed by atoms with E-state index in [4.69, 9.17) is 30.9 Å². The third-order valence-corrected chi connectivity index (χ3v) is 5.47. The monoisotopic (exact) mass is 484 g/mol. The maximum Gasteiger partial charge on any atom is 0.307 e. The average Bonchev–Trinajstić information content (AvgIpc) is 2.81. The van der Waals surface area contributed by atoms with E-state index in [0.717, 1.165) is 16.7 Å². The lowest BCUT2D eigenvalue weighted by molar-refractivity contribution is -0.136. The van der Waals surface area contributed by atoms with Crippen LogP contribution in [0.25, 0.3) is 11.1 Å². The fraction of sp³-hybridized carbons (Fsp3) is 0.296. The zero-order valence-corrected chi connectivity index (χ0v) is 20.2. The van der Waals surface area contributed by atoms with Crippen molar-refractivity contribution in [3.05, 3.63) is 76.8 Å². The standard InChI is InChI=1S/C27H29ClO6/c1-17(2)23-14-21(28)8-10-24(23)33-15-22(29)16-34-26-13-20(7-9-25(26)32-3)19-6-4-5-18(11-19)12-27(30)31/h4-11,13-14,17,22,29H,12,15-16H2,1-3H3,(H,30,31). The Kier molecular flexibility index (Phi) is 8.79. The molecular weight excluding hydrogens is 456 g/mol. The van der Waals surface area contributed by atoms with E-state index < -0.39 is 12.1 Å². The summed E-state index contributed by atoms with van der Waals surface area (Å²) in [5.41, 5.74) is 3.38. The van der Waals surface area contributed by atoms with Crippen LogP contribution in [0.15, 0.2) is 60.7 Å². The highest BCUT2D eigenvalue weighted by Crippen LogP contribution is 2.33. The highest BCUT2D eigenvalue weighted by Gasteiger charge is 2.14. The minimum absolute atomic E-state index is 0.00344. The van der Waals surface area contributed by atoms with E-state index in [1.807, 2.05) is 36.4 Å².